The zero-order valence-corrected chi connectivity index (χ0v) is 16.4. The second-order valence-electron chi connectivity index (χ2n) is 7.00. The van der Waals surface area contributed by atoms with Gasteiger partial charge in [0.25, 0.3) is 11.8 Å². The molecule has 0 radical (unpaired) electrons. The van der Waals surface area contributed by atoms with Gasteiger partial charge in [0.1, 0.15) is 0 Å². The first kappa shape index (κ1) is 19.4. The van der Waals surface area contributed by atoms with Crippen molar-refractivity contribution in [2.45, 2.75) is 27.3 Å². The molecule has 0 aliphatic heterocycles. The SMILES string of the molecule is Cc1cccc(CNC(=O)c2ccc(C(=O)Nc3ccc(C)c(C)c3)cc2)c1. The van der Waals surface area contributed by atoms with Crippen LogP contribution in [0.3, 0.4) is 0 Å². The average molecular weight is 372 g/mol. The van der Waals surface area contributed by atoms with Gasteiger partial charge < -0.3 is 10.6 Å². The quantitative estimate of drug-likeness (QED) is 0.676. The molecular weight excluding hydrogens is 348 g/mol. The molecule has 3 aromatic rings. The van der Waals surface area contributed by atoms with E-state index in [9.17, 15) is 9.59 Å². The van der Waals surface area contributed by atoms with Crippen molar-refractivity contribution in [1.29, 1.82) is 0 Å². The normalized spacial score (nSPS) is 10.4. The van der Waals surface area contributed by atoms with Gasteiger partial charge in [0.15, 0.2) is 0 Å². The van der Waals surface area contributed by atoms with E-state index in [0.29, 0.717) is 17.7 Å². The van der Waals surface area contributed by atoms with Gasteiger partial charge in [-0.3, -0.25) is 9.59 Å². The summed E-state index contributed by atoms with van der Waals surface area (Å²) in [4.78, 5) is 24.8. The lowest BCUT2D eigenvalue weighted by Crippen LogP contribution is -2.23. The highest BCUT2D eigenvalue weighted by Gasteiger charge is 2.10. The number of nitrogens with one attached hydrogen (secondary N) is 2. The summed E-state index contributed by atoms with van der Waals surface area (Å²) in [5, 5.41) is 5.79. The van der Waals surface area contributed by atoms with Gasteiger partial charge >= 0.3 is 0 Å². The third-order valence-corrected chi connectivity index (χ3v) is 4.71. The molecular formula is C24H24N2O2. The Morgan fingerprint density at radius 2 is 1.43 bits per heavy atom. The lowest BCUT2D eigenvalue weighted by molar-refractivity contribution is 0.0949. The van der Waals surface area contributed by atoms with E-state index in [2.05, 4.69) is 10.6 Å². The zero-order chi connectivity index (χ0) is 20.1. The molecule has 2 N–H and O–H groups in total. The minimum Gasteiger partial charge on any atom is -0.348 e. The molecule has 0 atom stereocenters. The maximum absolute atomic E-state index is 12.4. The maximum Gasteiger partial charge on any atom is 0.255 e. The molecule has 0 aliphatic carbocycles. The van der Waals surface area contributed by atoms with Gasteiger partial charge in [0.05, 0.1) is 0 Å². The third kappa shape index (κ3) is 4.86. The van der Waals surface area contributed by atoms with Gasteiger partial charge in [-0.2, -0.15) is 0 Å². The van der Waals surface area contributed by atoms with E-state index in [0.717, 1.165) is 22.4 Å². The molecule has 4 nitrogen and oxygen atoms in total. The topological polar surface area (TPSA) is 58.2 Å². The van der Waals surface area contributed by atoms with Gasteiger partial charge in [-0.15, -0.1) is 0 Å². The van der Waals surface area contributed by atoms with E-state index in [1.165, 1.54) is 5.56 Å². The van der Waals surface area contributed by atoms with Crippen molar-refractivity contribution in [3.8, 4) is 0 Å². The van der Waals surface area contributed by atoms with Crippen molar-refractivity contribution in [1.82, 2.24) is 5.32 Å². The summed E-state index contributed by atoms with van der Waals surface area (Å²) in [7, 11) is 0. The monoisotopic (exact) mass is 372 g/mol. The van der Waals surface area contributed by atoms with Crippen molar-refractivity contribution in [3.05, 3.63) is 100 Å². The number of hydrogen-bond donors (Lipinski definition) is 2. The highest BCUT2D eigenvalue weighted by Crippen LogP contribution is 2.15. The fraction of sp³-hybridized carbons (Fsp3) is 0.167. The van der Waals surface area contributed by atoms with Crippen molar-refractivity contribution in [2.24, 2.45) is 0 Å². The molecule has 142 valence electrons. The molecule has 3 rings (SSSR count). The van der Waals surface area contributed by atoms with E-state index in [-0.39, 0.29) is 11.8 Å². The molecule has 0 fully saturated rings. The molecule has 0 saturated carbocycles. The number of hydrogen-bond acceptors (Lipinski definition) is 2. The number of aryl methyl sites for hydroxylation is 3. The summed E-state index contributed by atoms with van der Waals surface area (Å²) < 4.78 is 0. The second kappa shape index (κ2) is 8.53. The summed E-state index contributed by atoms with van der Waals surface area (Å²) in [6.45, 7) is 6.53. The van der Waals surface area contributed by atoms with Crippen LogP contribution in [0.5, 0.6) is 0 Å². The molecule has 28 heavy (non-hydrogen) atoms. The van der Waals surface area contributed by atoms with Gasteiger partial charge in [-0.05, 0) is 73.9 Å². The first-order chi connectivity index (χ1) is 13.4. The van der Waals surface area contributed by atoms with Crippen LogP contribution in [0.1, 0.15) is 43.0 Å². The Morgan fingerprint density at radius 3 is 2.07 bits per heavy atom. The van der Waals surface area contributed by atoms with Crippen LogP contribution in [0.15, 0.2) is 66.7 Å². The van der Waals surface area contributed by atoms with Crippen LogP contribution in [-0.4, -0.2) is 11.8 Å². The molecule has 3 aromatic carbocycles. The van der Waals surface area contributed by atoms with Crippen LogP contribution in [-0.2, 0) is 6.54 Å². The minimum absolute atomic E-state index is 0.164. The Bertz CT molecular complexity index is 1010. The molecule has 0 spiro atoms. The fourth-order valence-corrected chi connectivity index (χ4v) is 2.90. The molecule has 0 aromatic heterocycles. The smallest absolute Gasteiger partial charge is 0.255 e. The Kier molecular flexibility index (Phi) is 5.90. The standard InChI is InChI=1S/C24H24N2O2/c1-16-5-4-6-19(13-16)15-25-23(27)20-8-10-21(11-9-20)24(28)26-22-12-7-17(2)18(3)14-22/h4-14H,15H2,1-3H3,(H,25,27)(H,26,28). The first-order valence-electron chi connectivity index (χ1n) is 9.25. The zero-order valence-electron chi connectivity index (χ0n) is 16.4. The Labute approximate surface area is 165 Å². The van der Waals surface area contributed by atoms with Crippen LogP contribution in [0.2, 0.25) is 0 Å². The third-order valence-electron chi connectivity index (χ3n) is 4.71. The summed E-state index contributed by atoms with van der Waals surface area (Å²) >= 11 is 0. The molecule has 4 heteroatoms. The van der Waals surface area contributed by atoms with E-state index in [1.54, 1.807) is 24.3 Å². The highest BCUT2D eigenvalue weighted by atomic mass is 16.2. The molecule has 2 amide bonds. The summed E-state index contributed by atoms with van der Waals surface area (Å²) in [5.41, 5.74) is 6.30. The summed E-state index contributed by atoms with van der Waals surface area (Å²) in [5.74, 6) is -0.363. The maximum atomic E-state index is 12.4. The number of rotatable bonds is 5. The highest BCUT2D eigenvalue weighted by molar-refractivity contribution is 6.05. The van der Waals surface area contributed by atoms with Gasteiger partial charge in [-0.25, -0.2) is 0 Å². The van der Waals surface area contributed by atoms with Crippen LogP contribution in [0, 0.1) is 20.8 Å². The lowest BCUT2D eigenvalue weighted by atomic mass is 10.1. The van der Waals surface area contributed by atoms with Gasteiger partial charge in [0, 0.05) is 23.4 Å². The molecule has 0 saturated heterocycles. The van der Waals surface area contributed by atoms with Gasteiger partial charge in [-0.1, -0.05) is 35.9 Å². The number of anilines is 1. The summed E-state index contributed by atoms with van der Waals surface area (Å²) in [6.07, 6.45) is 0. The Morgan fingerprint density at radius 1 is 0.750 bits per heavy atom. The first-order valence-corrected chi connectivity index (χ1v) is 9.25. The van der Waals surface area contributed by atoms with E-state index in [1.807, 2.05) is 63.2 Å². The molecule has 0 heterocycles. The fourth-order valence-electron chi connectivity index (χ4n) is 2.90. The summed E-state index contributed by atoms with van der Waals surface area (Å²) in [6, 6.07) is 20.5. The van der Waals surface area contributed by atoms with Crippen molar-refractivity contribution in [2.75, 3.05) is 5.32 Å². The van der Waals surface area contributed by atoms with Crippen LogP contribution in [0.25, 0.3) is 0 Å². The van der Waals surface area contributed by atoms with Gasteiger partial charge in [0.2, 0.25) is 0 Å². The Hall–Kier alpha value is -3.40. The van der Waals surface area contributed by atoms with Crippen LogP contribution in [0.4, 0.5) is 5.69 Å². The largest absolute Gasteiger partial charge is 0.348 e. The number of amides is 2. The predicted molar refractivity (Wildman–Crippen MR) is 113 cm³/mol. The van der Waals surface area contributed by atoms with E-state index >= 15 is 0 Å². The number of benzene rings is 3. The molecule has 0 aliphatic rings. The predicted octanol–water partition coefficient (Wildman–Crippen LogP) is 4.79. The van der Waals surface area contributed by atoms with Crippen molar-refractivity contribution < 1.29 is 9.59 Å². The van der Waals surface area contributed by atoms with E-state index in [4.69, 9.17) is 0 Å². The molecule has 0 bridgehead atoms. The Balaban J connectivity index is 1.61. The number of carbonyl (C=O) groups excluding carboxylic acids is 2. The minimum atomic E-state index is -0.199. The average Bonchev–Trinajstić information content (AvgIpc) is 2.69. The number of carbonyl (C=O) groups is 2. The van der Waals surface area contributed by atoms with Crippen molar-refractivity contribution in [3.63, 3.8) is 0 Å². The van der Waals surface area contributed by atoms with E-state index < -0.39 is 0 Å². The van der Waals surface area contributed by atoms with Crippen LogP contribution < -0.4 is 10.6 Å². The lowest BCUT2D eigenvalue weighted by Gasteiger charge is -2.09. The molecule has 0 unspecified atom stereocenters. The second-order valence-corrected chi connectivity index (χ2v) is 7.00. The van der Waals surface area contributed by atoms with Crippen molar-refractivity contribution >= 4 is 17.5 Å². The van der Waals surface area contributed by atoms with Crippen LogP contribution >= 0.6 is 0 Å².